The summed E-state index contributed by atoms with van der Waals surface area (Å²) < 4.78 is 4.99. The van der Waals surface area contributed by atoms with E-state index >= 15 is 0 Å². The van der Waals surface area contributed by atoms with Crippen LogP contribution in [0, 0.1) is 12.3 Å². The summed E-state index contributed by atoms with van der Waals surface area (Å²) in [4.78, 5) is 6.15. The quantitative estimate of drug-likeness (QED) is 0.522. The smallest absolute Gasteiger partial charge is 0.240 e. The predicted octanol–water partition coefficient (Wildman–Crippen LogP) is -0.146. The van der Waals surface area contributed by atoms with Gasteiger partial charge >= 0.3 is 0 Å². The minimum Gasteiger partial charge on any atom is -0.338 e. The largest absolute Gasteiger partial charge is 0.338 e. The van der Waals surface area contributed by atoms with Gasteiger partial charge in [-0.2, -0.15) is 4.98 Å². The lowest BCUT2D eigenvalue weighted by Gasteiger charge is -2.03. The summed E-state index contributed by atoms with van der Waals surface area (Å²) in [6.45, 7) is 1.70. The maximum Gasteiger partial charge on any atom is 0.240 e. The Balaban J connectivity index is 2.39. The van der Waals surface area contributed by atoms with Crippen LogP contribution in [0.2, 0.25) is 0 Å². The highest BCUT2D eigenvalue weighted by atomic mass is 16.5. The number of terminal acetylenes is 1. The number of hydrogen-bond acceptors (Lipinski definition) is 5. The van der Waals surface area contributed by atoms with E-state index in [9.17, 15) is 0 Å². The van der Waals surface area contributed by atoms with Gasteiger partial charge in [-0.3, -0.25) is 5.32 Å². The van der Waals surface area contributed by atoms with E-state index in [1.54, 1.807) is 0 Å². The fourth-order valence-electron chi connectivity index (χ4n) is 0.951. The highest BCUT2D eigenvalue weighted by molar-refractivity contribution is 4.89. The number of aromatic nitrogens is 2. The minimum atomic E-state index is 0.505. The first-order valence-electron chi connectivity index (χ1n) is 4.32. The van der Waals surface area contributed by atoms with Crippen molar-refractivity contribution in [1.29, 1.82) is 0 Å². The summed E-state index contributed by atoms with van der Waals surface area (Å²) in [5.41, 5.74) is 0. The molecule has 5 heteroatoms. The van der Waals surface area contributed by atoms with Gasteiger partial charge in [0, 0.05) is 0 Å². The summed E-state index contributed by atoms with van der Waals surface area (Å²) in [7, 11) is 3.90. The monoisotopic (exact) mass is 194 g/mol. The average molecular weight is 194 g/mol. The molecule has 0 aliphatic carbocycles. The molecular weight excluding hydrogens is 180 g/mol. The van der Waals surface area contributed by atoms with Crippen molar-refractivity contribution >= 4 is 0 Å². The van der Waals surface area contributed by atoms with Crippen LogP contribution in [0.25, 0.3) is 0 Å². The van der Waals surface area contributed by atoms with Gasteiger partial charge < -0.3 is 9.42 Å². The molecule has 0 bridgehead atoms. The third-order valence-corrected chi connectivity index (χ3v) is 1.47. The van der Waals surface area contributed by atoms with Crippen LogP contribution in [0.1, 0.15) is 11.7 Å². The number of nitrogens with one attached hydrogen (secondary N) is 1. The SMILES string of the molecule is C#CCNCc1nc(CN(C)C)no1. The first-order chi connectivity index (χ1) is 6.72. The van der Waals surface area contributed by atoms with Crippen LogP contribution < -0.4 is 5.32 Å². The molecule has 0 fully saturated rings. The van der Waals surface area contributed by atoms with Crippen LogP contribution >= 0.6 is 0 Å². The Morgan fingerprint density at radius 1 is 1.57 bits per heavy atom. The first-order valence-corrected chi connectivity index (χ1v) is 4.32. The maximum atomic E-state index is 5.08. The lowest BCUT2D eigenvalue weighted by Crippen LogP contribution is -2.14. The molecule has 1 aromatic rings. The Morgan fingerprint density at radius 3 is 3.00 bits per heavy atom. The Bertz CT molecular complexity index is 313. The van der Waals surface area contributed by atoms with Gasteiger partial charge in [0.25, 0.3) is 0 Å². The fourth-order valence-corrected chi connectivity index (χ4v) is 0.951. The molecule has 5 nitrogen and oxygen atoms in total. The standard InChI is InChI=1S/C9H14N4O/c1-4-5-10-6-9-11-8(12-14-9)7-13(2)3/h1,10H,5-7H2,2-3H3. The van der Waals surface area contributed by atoms with Gasteiger partial charge in [0.2, 0.25) is 5.89 Å². The average Bonchev–Trinajstić information content (AvgIpc) is 2.52. The van der Waals surface area contributed by atoms with E-state index in [-0.39, 0.29) is 0 Å². The van der Waals surface area contributed by atoms with Crippen molar-refractivity contribution in [3.8, 4) is 12.3 Å². The van der Waals surface area contributed by atoms with Crippen LogP contribution in [-0.4, -0.2) is 35.7 Å². The zero-order chi connectivity index (χ0) is 10.4. The van der Waals surface area contributed by atoms with E-state index < -0.39 is 0 Å². The van der Waals surface area contributed by atoms with Crippen molar-refractivity contribution in [2.45, 2.75) is 13.1 Å². The van der Waals surface area contributed by atoms with Crippen molar-refractivity contribution in [3.63, 3.8) is 0 Å². The second kappa shape index (κ2) is 5.37. The van der Waals surface area contributed by atoms with E-state index in [0.29, 0.717) is 31.3 Å². The predicted molar refractivity (Wildman–Crippen MR) is 52.2 cm³/mol. The molecule has 1 aromatic heterocycles. The van der Waals surface area contributed by atoms with Crippen molar-refractivity contribution in [2.24, 2.45) is 0 Å². The van der Waals surface area contributed by atoms with E-state index in [1.165, 1.54) is 0 Å². The zero-order valence-corrected chi connectivity index (χ0v) is 8.45. The van der Waals surface area contributed by atoms with Crippen LogP contribution in [0.15, 0.2) is 4.52 Å². The Morgan fingerprint density at radius 2 is 2.36 bits per heavy atom. The second-order valence-electron chi connectivity index (χ2n) is 3.15. The molecular formula is C9H14N4O. The van der Waals surface area contributed by atoms with Crippen molar-refractivity contribution in [1.82, 2.24) is 20.4 Å². The molecule has 0 spiro atoms. The number of rotatable bonds is 5. The molecule has 0 aliphatic heterocycles. The Labute approximate surface area is 83.5 Å². The van der Waals surface area contributed by atoms with E-state index in [1.807, 2.05) is 19.0 Å². The molecule has 0 amide bonds. The first kappa shape index (κ1) is 10.7. The molecule has 0 saturated heterocycles. The third-order valence-electron chi connectivity index (χ3n) is 1.47. The van der Waals surface area contributed by atoms with Gasteiger partial charge in [-0.25, -0.2) is 0 Å². The Kier molecular flexibility index (Phi) is 4.11. The molecule has 0 atom stereocenters. The molecule has 0 aromatic carbocycles. The third kappa shape index (κ3) is 3.56. The van der Waals surface area contributed by atoms with Crippen LogP contribution in [0.4, 0.5) is 0 Å². The molecule has 1 rings (SSSR count). The molecule has 0 unspecified atom stereocenters. The van der Waals surface area contributed by atoms with Crippen molar-refractivity contribution in [2.75, 3.05) is 20.6 Å². The highest BCUT2D eigenvalue weighted by Crippen LogP contribution is 1.98. The van der Waals surface area contributed by atoms with Crippen molar-refractivity contribution < 1.29 is 4.52 Å². The maximum absolute atomic E-state index is 5.08. The minimum absolute atomic E-state index is 0.505. The Hall–Kier alpha value is -1.38. The van der Waals surface area contributed by atoms with Gasteiger partial charge in [-0.1, -0.05) is 11.1 Å². The molecule has 0 radical (unpaired) electrons. The number of nitrogens with zero attached hydrogens (tertiary/aromatic N) is 3. The molecule has 14 heavy (non-hydrogen) atoms. The fraction of sp³-hybridized carbons (Fsp3) is 0.556. The normalized spacial score (nSPS) is 10.4. The van der Waals surface area contributed by atoms with Crippen molar-refractivity contribution in [3.05, 3.63) is 11.7 Å². The highest BCUT2D eigenvalue weighted by Gasteiger charge is 2.05. The van der Waals surface area contributed by atoms with Gasteiger partial charge in [0.05, 0.1) is 19.6 Å². The molecule has 0 aliphatic rings. The summed E-state index contributed by atoms with van der Waals surface area (Å²) in [5, 5.41) is 6.79. The lowest BCUT2D eigenvalue weighted by atomic mass is 10.5. The topological polar surface area (TPSA) is 54.2 Å². The van der Waals surface area contributed by atoms with E-state index in [4.69, 9.17) is 10.9 Å². The van der Waals surface area contributed by atoms with Gasteiger partial charge in [-0.15, -0.1) is 6.42 Å². The molecule has 76 valence electrons. The summed E-state index contributed by atoms with van der Waals surface area (Å²) in [5.74, 6) is 3.72. The summed E-state index contributed by atoms with van der Waals surface area (Å²) >= 11 is 0. The molecule has 1 heterocycles. The van der Waals surface area contributed by atoms with Gasteiger partial charge in [0.15, 0.2) is 5.82 Å². The summed E-state index contributed by atoms with van der Waals surface area (Å²) in [6.07, 6.45) is 5.08. The van der Waals surface area contributed by atoms with Crippen LogP contribution in [0.5, 0.6) is 0 Å². The molecule has 0 saturated carbocycles. The molecule has 1 N–H and O–H groups in total. The zero-order valence-electron chi connectivity index (χ0n) is 8.45. The van der Waals surface area contributed by atoms with Crippen LogP contribution in [0.3, 0.4) is 0 Å². The van der Waals surface area contributed by atoms with E-state index in [2.05, 4.69) is 21.4 Å². The summed E-state index contributed by atoms with van der Waals surface area (Å²) in [6, 6.07) is 0. The van der Waals surface area contributed by atoms with E-state index in [0.717, 1.165) is 0 Å². The van der Waals surface area contributed by atoms with Gasteiger partial charge in [-0.05, 0) is 14.1 Å². The van der Waals surface area contributed by atoms with Crippen LogP contribution in [-0.2, 0) is 13.1 Å². The van der Waals surface area contributed by atoms with Gasteiger partial charge in [0.1, 0.15) is 0 Å². The second-order valence-corrected chi connectivity index (χ2v) is 3.15. The lowest BCUT2D eigenvalue weighted by molar-refractivity contribution is 0.345. The number of hydrogen-bond donors (Lipinski definition) is 1.